The van der Waals surface area contributed by atoms with Crippen LogP contribution in [-0.2, 0) is 20.7 Å². The lowest BCUT2D eigenvalue weighted by Crippen LogP contribution is -2.38. The number of rotatable bonds is 4. The zero-order chi connectivity index (χ0) is 20.4. The van der Waals surface area contributed by atoms with E-state index >= 15 is 0 Å². The fourth-order valence-electron chi connectivity index (χ4n) is 3.48. The summed E-state index contributed by atoms with van der Waals surface area (Å²) in [5, 5.41) is 7.69. The highest BCUT2D eigenvalue weighted by Crippen LogP contribution is 2.31. The number of amidine groups is 1. The Bertz CT molecular complexity index is 936. The minimum atomic E-state index is -0.312. The number of nitrogen functional groups attached to an aromatic ring is 1. The van der Waals surface area contributed by atoms with Crippen molar-refractivity contribution in [3.63, 3.8) is 0 Å². The highest BCUT2D eigenvalue weighted by atomic mass is 79.9. The molecule has 1 fully saturated rings. The van der Waals surface area contributed by atoms with Crippen LogP contribution >= 0.6 is 15.9 Å². The zero-order valence-electron chi connectivity index (χ0n) is 15.8. The maximum absolute atomic E-state index is 13.5. The second-order valence-electron chi connectivity index (χ2n) is 7.02. The Morgan fingerprint density at radius 1 is 1.34 bits per heavy atom. The van der Waals surface area contributed by atoms with Crippen molar-refractivity contribution in [2.75, 3.05) is 32.3 Å². The number of anilines is 1. The predicted molar refractivity (Wildman–Crippen MR) is 108 cm³/mol. The summed E-state index contributed by atoms with van der Waals surface area (Å²) in [6, 6.07) is 4.40. The molecule has 1 aromatic heterocycles. The Hall–Kier alpha value is -2.30. The van der Waals surface area contributed by atoms with Gasteiger partial charge in [-0.1, -0.05) is 27.2 Å². The number of hydrogen-bond acceptors (Lipinski definition) is 7. The van der Waals surface area contributed by atoms with E-state index in [1.54, 1.807) is 6.07 Å². The molecular formula is C19H21BrFN5O3. The van der Waals surface area contributed by atoms with Crippen LogP contribution in [0.2, 0.25) is 0 Å². The van der Waals surface area contributed by atoms with Crippen molar-refractivity contribution in [2.45, 2.75) is 19.4 Å². The summed E-state index contributed by atoms with van der Waals surface area (Å²) in [5.41, 5.74) is 8.99. The number of nitrogens with one attached hydrogen (secondary N) is 1. The molecule has 29 heavy (non-hydrogen) atoms. The Morgan fingerprint density at radius 3 is 2.90 bits per heavy atom. The molecule has 1 atom stereocenters. The standard InChI is InChI=1S/C19H21BrFN5O3/c1-10-17-16(25-19(22)23-10)5-15(13-3-2-12(21)4-14(13)20)24-18(17)26-29-8-11-6-27-9-28-7-11/h2-4,11,15H,5-9H2,1H3,(H,24,26)(H2,22,23,25)/t15-/m1/s1. The van der Waals surface area contributed by atoms with Gasteiger partial charge in [0.05, 0.1) is 36.2 Å². The minimum absolute atomic E-state index is 0.113. The molecule has 4 rings (SSSR count). The summed E-state index contributed by atoms with van der Waals surface area (Å²) in [4.78, 5) is 14.3. The van der Waals surface area contributed by atoms with Gasteiger partial charge >= 0.3 is 0 Å². The first kappa shape index (κ1) is 20.0. The zero-order valence-corrected chi connectivity index (χ0v) is 17.4. The molecule has 10 heteroatoms. The van der Waals surface area contributed by atoms with Crippen LogP contribution in [0.15, 0.2) is 27.8 Å². The van der Waals surface area contributed by atoms with E-state index in [1.165, 1.54) is 12.1 Å². The molecule has 2 aliphatic heterocycles. The number of oxime groups is 1. The molecule has 1 saturated heterocycles. The summed E-state index contributed by atoms with van der Waals surface area (Å²) in [6.07, 6.45) is 0.552. The van der Waals surface area contributed by atoms with Crippen LogP contribution in [0.1, 0.15) is 28.6 Å². The number of nitrogens with two attached hydrogens (primary N) is 1. The fourth-order valence-corrected chi connectivity index (χ4v) is 4.10. The number of benzene rings is 1. The van der Waals surface area contributed by atoms with Gasteiger partial charge in [-0.25, -0.2) is 14.4 Å². The molecule has 154 valence electrons. The molecule has 3 heterocycles. The third-order valence-corrected chi connectivity index (χ3v) is 5.49. The third kappa shape index (κ3) is 4.49. The molecule has 3 N–H and O–H groups in total. The first-order chi connectivity index (χ1) is 14.0. The summed E-state index contributed by atoms with van der Waals surface area (Å²) >= 11 is 3.44. The molecule has 2 aromatic rings. The molecule has 0 unspecified atom stereocenters. The maximum atomic E-state index is 13.5. The largest absolute Gasteiger partial charge is 0.394 e. The lowest BCUT2D eigenvalue weighted by Gasteiger charge is -2.29. The van der Waals surface area contributed by atoms with E-state index in [-0.39, 0.29) is 23.7 Å². The lowest BCUT2D eigenvalue weighted by atomic mass is 9.94. The summed E-state index contributed by atoms with van der Waals surface area (Å²) in [7, 11) is 0. The van der Waals surface area contributed by atoms with Crippen LogP contribution in [0.25, 0.3) is 0 Å². The Morgan fingerprint density at radius 2 is 2.14 bits per heavy atom. The molecule has 2 aliphatic rings. The molecule has 1 aromatic carbocycles. The number of nitrogens with zero attached hydrogens (tertiary/aromatic N) is 3. The van der Waals surface area contributed by atoms with E-state index in [0.717, 1.165) is 16.8 Å². The molecule has 0 saturated carbocycles. The van der Waals surface area contributed by atoms with E-state index in [9.17, 15) is 4.39 Å². The quantitative estimate of drug-likeness (QED) is 0.668. The van der Waals surface area contributed by atoms with Crippen LogP contribution < -0.4 is 11.1 Å². The van der Waals surface area contributed by atoms with Gasteiger partial charge in [-0.3, -0.25) is 0 Å². The number of fused-ring (bicyclic) bond motifs is 1. The average molecular weight is 466 g/mol. The van der Waals surface area contributed by atoms with Crippen molar-refractivity contribution < 1.29 is 18.7 Å². The monoisotopic (exact) mass is 465 g/mol. The third-order valence-electron chi connectivity index (χ3n) is 4.81. The Kier molecular flexibility index (Phi) is 5.93. The van der Waals surface area contributed by atoms with Crippen molar-refractivity contribution in [3.05, 3.63) is 51.0 Å². The Labute approximate surface area is 175 Å². The van der Waals surface area contributed by atoms with Crippen LogP contribution in [0.5, 0.6) is 0 Å². The summed E-state index contributed by atoms with van der Waals surface area (Å²) in [6.45, 7) is 3.66. The first-order valence-electron chi connectivity index (χ1n) is 9.21. The number of halogens is 2. The van der Waals surface area contributed by atoms with E-state index < -0.39 is 0 Å². The Balaban J connectivity index is 1.62. The second kappa shape index (κ2) is 8.60. The highest BCUT2D eigenvalue weighted by Gasteiger charge is 2.29. The van der Waals surface area contributed by atoms with Crippen LogP contribution in [0.4, 0.5) is 10.3 Å². The van der Waals surface area contributed by atoms with Crippen LogP contribution in [0, 0.1) is 18.7 Å². The average Bonchev–Trinajstić information content (AvgIpc) is 2.68. The topological polar surface area (TPSA) is 104 Å². The number of ether oxygens (including phenoxy) is 2. The van der Waals surface area contributed by atoms with Crippen molar-refractivity contribution in [2.24, 2.45) is 11.1 Å². The second-order valence-corrected chi connectivity index (χ2v) is 7.87. The van der Waals surface area contributed by atoms with Gasteiger partial charge in [-0.2, -0.15) is 0 Å². The van der Waals surface area contributed by atoms with Gasteiger partial charge in [0.25, 0.3) is 0 Å². The predicted octanol–water partition coefficient (Wildman–Crippen LogP) is 2.45. The van der Waals surface area contributed by atoms with Crippen molar-refractivity contribution in [3.8, 4) is 0 Å². The van der Waals surface area contributed by atoms with Gasteiger partial charge in [-0.05, 0) is 24.6 Å². The normalized spacial score (nSPS) is 20.9. The SMILES string of the molecule is Cc1nc(N)nc2c1/C(=N/OCC1COCOC1)N[C@@H](c1ccc(F)cc1Br)C2. The maximum Gasteiger partial charge on any atom is 0.220 e. The molecule has 0 radical (unpaired) electrons. The molecule has 0 aliphatic carbocycles. The molecule has 0 amide bonds. The van der Waals surface area contributed by atoms with Crippen molar-refractivity contribution in [1.29, 1.82) is 0 Å². The van der Waals surface area contributed by atoms with E-state index in [1.807, 2.05) is 6.92 Å². The lowest BCUT2D eigenvalue weighted by molar-refractivity contribution is -0.138. The van der Waals surface area contributed by atoms with E-state index in [0.29, 0.717) is 49.0 Å². The van der Waals surface area contributed by atoms with Crippen molar-refractivity contribution >= 4 is 27.7 Å². The fraction of sp³-hybridized carbons (Fsp3) is 0.421. The van der Waals surface area contributed by atoms with Crippen molar-refractivity contribution in [1.82, 2.24) is 15.3 Å². The van der Waals surface area contributed by atoms with Crippen LogP contribution in [0.3, 0.4) is 0 Å². The summed E-state index contributed by atoms with van der Waals surface area (Å²) < 4.78 is 24.7. The van der Waals surface area contributed by atoms with Gasteiger partial charge in [0.2, 0.25) is 5.95 Å². The van der Waals surface area contributed by atoms with Crippen LogP contribution in [-0.4, -0.2) is 42.4 Å². The highest BCUT2D eigenvalue weighted by molar-refractivity contribution is 9.10. The minimum Gasteiger partial charge on any atom is -0.394 e. The molecule has 8 nitrogen and oxygen atoms in total. The van der Waals surface area contributed by atoms with Gasteiger partial charge in [0.1, 0.15) is 19.2 Å². The molecule has 0 bridgehead atoms. The van der Waals surface area contributed by atoms with E-state index in [2.05, 4.69) is 36.4 Å². The van der Waals surface area contributed by atoms with Gasteiger partial charge < -0.3 is 25.4 Å². The van der Waals surface area contributed by atoms with Gasteiger partial charge in [0.15, 0.2) is 5.84 Å². The summed E-state index contributed by atoms with van der Waals surface area (Å²) in [5.74, 6) is 0.523. The number of hydrogen-bond donors (Lipinski definition) is 2. The van der Waals surface area contributed by atoms with Gasteiger partial charge in [0, 0.05) is 16.8 Å². The first-order valence-corrected chi connectivity index (χ1v) is 10.0. The number of aryl methyl sites for hydroxylation is 1. The van der Waals surface area contributed by atoms with E-state index in [4.69, 9.17) is 20.0 Å². The smallest absolute Gasteiger partial charge is 0.220 e. The van der Waals surface area contributed by atoms with Gasteiger partial charge in [-0.15, -0.1) is 0 Å². The molecule has 0 spiro atoms. The number of aromatic nitrogens is 2. The molecular weight excluding hydrogens is 445 g/mol.